The Morgan fingerprint density at radius 2 is 1.14 bits per heavy atom. The Balaban J connectivity index is 0. The van der Waals surface area contributed by atoms with Crippen LogP contribution in [-0.2, 0) is 4.79 Å². The maximum Gasteiger partial charge on any atom is 0.300 e. The highest BCUT2D eigenvalue weighted by Crippen LogP contribution is 1.91. The second-order valence-electron chi connectivity index (χ2n) is 7.74. The molecule has 5 N–H and O–H groups in total. The maximum atomic E-state index is 9.00. The third-order valence-electron chi connectivity index (χ3n) is 2.59. The number of aliphatic carboxylic acids is 1. The number of carbonyl (C=O) groups is 1. The number of hydrogen-bond acceptors (Lipinski definition) is 4. The highest BCUT2D eigenvalue weighted by atomic mass is 16.4. The van der Waals surface area contributed by atoms with Crippen molar-refractivity contribution < 1.29 is 9.90 Å². The molecule has 0 aromatic carbocycles. The molecule has 0 rings (SSSR count). The Morgan fingerprint density at radius 1 is 0.793 bits per heavy atom. The van der Waals surface area contributed by atoms with Gasteiger partial charge >= 0.3 is 0 Å². The van der Waals surface area contributed by atoms with Crippen LogP contribution in [0.5, 0.6) is 0 Å². The number of guanidine groups is 3. The number of carboxylic acids is 1. The van der Waals surface area contributed by atoms with Crippen LogP contribution in [0.15, 0.2) is 15.0 Å². The highest BCUT2D eigenvalue weighted by Gasteiger charge is 2.10. The van der Waals surface area contributed by atoms with E-state index in [0.29, 0.717) is 17.9 Å². The van der Waals surface area contributed by atoms with Gasteiger partial charge in [-0.3, -0.25) is 30.4 Å². The van der Waals surface area contributed by atoms with Gasteiger partial charge in [-0.15, -0.1) is 0 Å². The molecule has 0 aromatic rings. The largest absolute Gasteiger partial charge is 0.481 e. The summed E-state index contributed by atoms with van der Waals surface area (Å²) in [6.07, 6.45) is 0.968. The van der Waals surface area contributed by atoms with Gasteiger partial charge in [-0.1, -0.05) is 6.92 Å². The van der Waals surface area contributed by atoms with Crippen molar-refractivity contribution in [3.63, 3.8) is 0 Å². The lowest BCUT2D eigenvalue weighted by molar-refractivity contribution is -0.134. The Kier molecular flexibility index (Phi) is 16.6. The van der Waals surface area contributed by atoms with E-state index in [1.54, 1.807) is 0 Å². The molecule has 9 nitrogen and oxygen atoms in total. The standard InChI is InChI=1S/C18H39N7.C2H4O2/c1-10-11-19-16(24-17(20-12(2)3)21-13(4)5)25-18(22-14(6)7)23-15(8)9;1-2(3)4/h12-15H,10-11H2,1-9H3,(H4,19,20,21,22,23,24,25);1H3,(H,3,4). The Hall–Kier alpha value is -2.32. The van der Waals surface area contributed by atoms with Crippen LogP contribution in [0.3, 0.4) is 0 Å². The fourth-order valence-electron chi connectivity index (χ4n) is 1.83. The predicted molar refractivity (Wildman–Crippen MR) is 124 cm³/mol. The smallest absolute Gasteiger partial charge is 0.300 e. The summed E-state index contributed by atoms with van der Waals surface area (Å²) in [5, 5.41) is 20.6. The molecule has 0 aliphatic rings. The summed E-state index contributed by atoms with van der Waals surface area (Å²) in [6, 6.07) is 0.905. The number of aliphatic imine (C=N–C) groups is 3. The van der Waals surface area contributed by atoms with E-state index in [4.69, 9.17) is 9.90 Å². The van der Waals surface area contributed by atoms with Crippen LogP contribution >= 0.6 is 0 Å². The summed E-state index contributed by atoms with van der Waals surface area (Å²) < 4.78 is 0. The second-order valence-corrected chi connectivity index (χ2v) is 7.74. The monoisotopic (exact) mass is 413 g/mol. The van der Waals surface area contributed by atoms with Crippen LogP contribution < -0.4 is 21.3 Å². The van der Waals surface area contributed by atoms with Gasteiger partial charge in [0, 0.05) is 37.6 Å². The Morgan fingerprint density at radius 3 is 1.38 bits per heavy atom. The van der Waals surface area contributed by atoms with E-state index < -0.39 is 5.97 Å². The third kappa shape index (κ3) is 21.8. The zero-order chi connectivity index (χ0) is 23.0. The number of rotatable bonds is 6. The zero-order valence-corrected chi connectivity index (χ0v) is 19.9. The summed E-state index contributed by atoms with van der Waals surface area (Å²) in [5.41, 5.74) is 0. The molecule has 0 amide bonds. The molecule has 0 radical (unpaired) electrons. The molecular weight excluding hydrogens is 370 g/mol. The van der Waals surface area contributed by atoms with Gasteiger partial charge in [0.25, 0.3) is 5.97 Å². The van der Waals surface area contributed by atoms with Crippen LogP contribution in [0.2, 0.25) is 0 Å². The molecule has 170 valence electrons. The average molecular weight is 414 g/mol. The van der Waals surface area contributed by atoms with Crippen molar-refractivity contribution in [1.82, 2.24) is 21.3 Å². The van der Waals surface area contributed by atoms with Gasteiger partial charge in [-0.05, 0) is 61.8 Å². The molecule has 0 aliphatic heterocycles. The van der Waals surface area contributed by atoms with Gasteiger partial charge < -0.3 is 15.7 Å². The summed E-state index contributed by atoms with van der Waals surface area (Å²) in [5.74, 6) is 1.23. The first-order chi connectivity index (χ1) is 13.4. The van der Waals surface area contributed by atoms with E-state index in [2.05, 4.69) is 70.9 Å². The molecule has 9 heteroatoms. The van der Waals surface area contributed by atoms with Gasteiger partial charge in [0.1, 0.15) is 0 Å². The fraction of sp³-hybridized carbons (Fsp3) is 0.800. The van der Waals surface area contributed by atoms with E-state index in [1.807, 2.05) is 27.7 Å². The maximum absolute atomic E-state index is 9.00. The SMILES string of the molecule is CC(=O)O.CCCN=C(NC(=NC(C)C)NC(C)C)NC(=NC(C)C)NC(C)C. The molecule has 29 heavy (non-hydrogen) atoms. The van der Waals surface area contributed by atoms with E-state index in [-0.39, 0.29) is 24.2 Å². The Bertz CT molecular complexity index is 499. The van der Waals surface area contributed by atoms with Crippen LogP contribution in [0.25, 0.3) is 0 Å². The van der Waals surface area contributed by atoms with Crippen molar-refractivity contribution in [3.8, 4) is 0 Å². The molecule has 0 spiro atoms. The first kappa shape index (κ1) is 28.9. The van der Waals surface area contributed by atoms with Gasteiger partial charge in [0.05, 0.1) is 0 Å². The van der Waals surface area contributed by atoms with Gasteiger partial charge in [-0.25, -0.2) is 0 Å². The molecule has 0 heterocycles. The van der Waals surface area contributed by atoms with E-state index in [9.17, 15) is 0 Å². The second kappa shape index (κ2) is 16.6. The molecule has 0 bridgehead atoms. The highest BCUT2D eigenvalue weighted by molar-refractivity contribution is 6.06. The van der Waals surface area contributed by atoms with Gasteiger partial charge in [-0.2, -0.15) is 0 Å². The molecular formula is C20H43N7O2. The van der Waals surface area contributed by atoms with Crippen LogP contribution in [-0.4, -0.2) is 59.7 Å². The van der Waals surface area contributed by atoms with Crippen molar-refractivity contribution in [3.05, 3.63) is 0 Å². The normalized spacial score (nSPS) is 11.9. The molecule has 0 aromatic heterocycles. The topological polar surface area (TPSA) is 122 Å². The summed E-state index contributed by atoms with van der Waals surface area (Å²) in [4.78, 5) is 22.8. The Labute approximate surface area is 177 Å². The van der Waals surface area contributed by atoms with Gasteiger partial charge in [0.15, 0.2) is 11.9 Å². The minimum atomic E-state index is -0.833. The third-order valence-corrected chi connectivity index (χ3v) is 2.59. The first-order valence-electron chi connectivity index (χ1n) is 10.3. The average Bonchev–Trinajstić information content (AvgIpc) is 2.49. The fourth-order valence-corrected chi connectivity index (χ4v) is 1.83. The van der Waals surface area contributed by atoms with E-state index >= 15 is 0 Å². The summed E-state index contributed by atoms with van der Waals surface area (Å²) in [6.45, 7) is 20.4. The minimum absolute atomic E-state index is 0.179. The van der Waals surface area contributed by atoms with Crippen molar-refractivity contribution in [2.24, 2.45) is 15.0 Å². The molecule has 0 aliphatic carbocycles. The van der Waals surface area contributed by atoms with Crippen molar-refractivity contribution in [2.45, 2.75) is 99.8 Å². The van der Waals surface area contributed by atoms with Crippen LogP contribution in [0.4, 0.5) is 0 Å². The lowest BCUT2D eigenvalue weighted by Crippen LogP contribution is -2.54. The molecule has 0 fully saturated rings. The minimum Gasteiger partial charge on any atom is -0.481 e. The molecule has 0 saturated carbocycles. The molecule has 0 saturated heterocycles. The van der Waals surface area contributed by atoms with Crippen LogP contribution in [0.1, 0.15) is 75.7 Å². The summed E-state index contributed by atoms with van der Waals surface area (Å²) in [7, 11) is 0. The van der Waals surface area contributed by atoms with E-state index in [1.165, 1.54) is 0 Å². The van der Waals surface area contributed by atoms with Crippen molar-refractivity contribution in [2.75, 3.05) is 6.54 Å². The van der Waals surface area contributed by atoms with Crippen LogP contribution in [0, 0.1) is 0 Å². The summed E-state index contributed by atoms with van der Waals surface area (Å²) >= 11 is 0. The molecule has 0 atom stereocenters. The number of hydrogen-bond donors (Lipinski definition) is 5. The van der Waals surface area contributed by atoms with E-state index in [0.717, 1.165) is 19.9 Å². The number of carboxylic acid groups (broad SMARTS) is 1. The molecule has 0 unspecified atom stereocenters. The van der Waals surface area contributed by atoms with Crippen molar-refractivity contribution in [1.29, 1.82) is 0 Å². The number of nitrogens with one attached hydrogen (secondary N) is 4. The lowest BCUT2D eigenvalue weighted by atomic mass is 10.4. The number of nitrogens with zero attached hydrogens (tertiary/aromatic N) is 3. The predicted octanol–water partition coefficient (Wildman–Crippen LogP) is 2.55. The quantitative estimate of drug-likeness (QED) is 0.337. The zero-order valence-electron chi connectivity index (χ0n) is 19.9. The van der Waals surface area contributed by atoms with Crippen molar-refractivity contribution >= 4 is 23.8 Å². The van der Waals surface area contributed by atoms with Gasteiger partial charge in [0.2, 0.25) is 5.96 Å². The lowest BCUT2D eigenvalue weighted by Gasteiger charge is -2.21. The first-order valence-corrected chi connectivity index (χ1v) is 10.3.